The topological polar surface area (TPSA) is 26.3 Å². The van der Waals surface area contributed by atoms with Crippen LogP contribution in [0.3, 0.4) is 0 Å². The highest BCUT2D eigenvalue weighted by atomic mass is 16.5. The molecule has 90 valence electrons. The molecule has 0 saturated carbocycles. The Hall–Kier alpha value is -1.57. The van der Waals surface area contributed by atoms with Crippen molar-refractivity contribution in [2.75, 3.05) is 6.61 Å². The standard InChI is InChI=1S/C15H18O2/c1-2-17-15(16)10-8-12-7-9-13-5-3-4-6-14(13)11-12/h7-11H,2-6H2,1H3. The molecule has 2 rings (SSSR count). The van der Waals surface area contributed by atoms with Gasteiger partial charge in [-0.1, -0.05) is 18.2 Å². The number of carbonyl (C=O) groups is 1. The Balaban J connectivity index is 2.09. The van der Waals surface area contributed by atoms with E-state index in [1.807, 2.05) is 13.0 Å². The minimum absolute atomic E-state index is 0.273. The molecule has 0 atom stereocenters. The van der Waals surface area contributed by atoms with E-state index < -0.39 is 0 Å². The van der Waals surface area contributed by atoms with E-state index in [4.69, 9.17) is 4.74 Å². The van der Waals surface area contributed by atoms with Crippen LogP contribution < -0.4 is 0 Å². The number of hydrogen-bond donors (Lipinski definition) is 0. The average Bonchev–Trinajstić information content (AvgIpc) is 2.36. The minimum Gasteiger partial charge on any atom is -0.463 e. The molecule has 0 N–H and O–H groups in total. The number of hydrogen-bond acceptors (Lipinski definition) is 2. The Morgan fingerprint density at radius 3 is 2.82 bits per heavy atom. The molecule has 1 aliphatic rings. The zero-order chi connectivity index (χ0) is 12.1. The van der Waals surface area contributed by atoms with E-state index in [0.29, 0.717) is 6.61 Å². The summed E-state index contributed by atoms with van der Waals surface area (Å²) in [6.07, 6.45) is 8.25. The molecular formula is C15H18O2. The molecule has 0 heterocycles. The van der Waals surface area contributed by atoms with Crippen molar-refractivity contribution in [1.82, 2.24) is 0 Å². The van der Waals surface area contributed by atoms with Crippen LogP contribution in [0.25, 0.3) is 6.08 Å². The molecule has 1 aliphatic carbocycles. The number of ether oxygens (including phenoxy) is 1. The Bertz CT molecular complexity index is 433. The molecule has 0 bridgehead atoms. The fraction of sp³-hybridized carbons (Fsp3) is 0.400. The van der Waals surface area contributed by atoms with Crippen LogP contribution in [0.15, 0.2) is 24.3 Å². The normalized spacial score (nSPS) is 14.6. The highest BCUT2D eigenvalue weighted by Gasteiger charge is 2.08. The summed E-state index contributed by atoms with van der Waals surface area (Å²) in [5.41, 5.74) is 3.98. The van der Waals surface area contributed by atoms with Gasteiger partial charge in [-0.15, -0.1) is 0 Å². The maximum absolute atomic E-state index is 11.2. The summed E-state index contributed by atoms with van der Waals surface area (Å²) in [6.45, 7) is 2.23. The van der Waals surface area contributed by atoms with E-state index in [0.717, 1.165) is 12.0 Å². The number of fused-ring (bicyclic) bond motifs is 1. The minimum atomic E-state index is -0.273. The first kappa shape index (κ1) is 11.9. The summed E-state index contributed by atoms with van der Waals surface area (Å²) in [6, 6.07) is 6.43. The summed E-state index contributed by atoms with van der Waals surface area (Å²) in [7, 11) is 0. The molecule has 0 unspecified atom stereocenters. The molecule has 0 fully saturated rings. The van der Waals surface area contributed by atoms with Crippen LogP contribution in [0, 0.1) is 0 Å². The molecule has 0 aromatic heterocycles. The van der Waals surface area contributed by atoms with E-state index >= 15 is 0 Å². The second kappa shape index (κ2) is 5.67. The van der Waals surface area contributed by atoms with Crippen molar-refractivity contribution in [3.63, 3.8) is 0 Å². The number of aryl methyl sites for hydroxylation is 2. The van der Waals surface area contributed by atoms with Crippen molar-refractivity contribution in [3.05, 3.63) is 41.0 Å². The Labute approximate surface area is 102 Å². The van der Waals surface area contributed by atoms with Gasteiger partial charge in [0.15, 0.2) is 0 Å². The number of carbonyl (C=O) groups excluding carboxylic acids is 1. The van der Waals surface area contributed by atoms with Crippen molar-refractivity contribution < 1.29 is 9.53 Å². The molecule has 1 aromatic carbocycles. The highest BCUT2D eigenvalue weighted by Crippen LogP contribution is 2.22. The van der Waals surface area contributed by atoms with Gasteiger partial charge in [0, 0.05) is 6.08 Å². The van der Waals surface area contributed by atoms with Crippen LogP contribution in [0.5, 0.6) is 0 Å². The summed E-state index contributed by atoms with van der Waals surface area (Å²) in [5, 5.41) is 0. The average molecular weight is 230 g/mol. The summed E-state index contributed by atoms with van der Waals surface area (Å²) < 4.78 is 4.85. The van der Waals surface area contributed by atoms with Gasteiger partial charge in [-0.25, -0.2) is 4.79 Å². The first-order valence-corrected chi connectivity index (χ1v) is 6.26. The van der Waals surface area contributed by atoms with Crippen molar-refractivity contribution in [2.24, 2.45) is 0 Å². The lowest BCUT2D eigenvalue weighted by atomic mass is 9.90. The van der Waals surface area contributed by atoms with Gasteiger partial charge in [0.1, 0.15) is 0 Å². The lowest BCUT2D eigenvalue weighted by Gasteiger charge is -2.15. The van der Waals surface area contributed by atoms with Gasteiger partial charge < -0.3 is 4.74 Å². The van der Waals surface area contributed by atoms with Crippen LogP contribution in [0.4, 0.5) is 0 Å². The second-order valence-corrected chi connectivity index (χ2v) is 4.32. The van der Waals surface area contributed by atoms with E-state index in [1.165, 1.54) is 36.5 Å². The SMILES string of the molecule is CCOC(=O)C=Cc1ccc2c(c1)CCCC2. The first-order valence-electron chi connectivity index (χ1n) is 6.26. The molecule has 0 spiro atoms. The maximum atomic E-state index is 11.2. The van der Waals surface area contributed by atoms with E-state index in [9.17, 15) is 4.79 Å². The third-order valence-corrected chi connectivity index (χ3v) is 3.07. The summed E-state index contributed by atoms with van der Waals surface area (Å²) in [4.78, 5) is 11.2. The molecular weight excluding hydrogens is 212 g/mol. The van der Waals surface area contributed by atoms with Gasteiger partial charge in [-0.05, 0) is 55.4 Å². The van der Waals surface area contributed by atoms with Crippen LogP contribution in [0.2, 0.25) is 0 Å². The van der Waals surface area contributed by atoms with Gasteiger partial charge >= 0.3 is 5.97 Å². The fourth-order valence-corrected chi connectivity index (χ4v) is 2.21. The smallest absolute Gasteiger partial charge is 0.330 e. The van der Waals surface area contributed by atoms with E-state index in [2.05, 4.69) is 18.2 Å². The van der Waals surface area contributed by atoms with Crippen LogP contribution in [-0.2, 0) is 22.4 Å². The number of esters is 1. The first-order chi connectivity index (χ1) is 8.29. The predicted molar refractivity (Wildman–Crippen MR) is 68.8 cm³/mol. The van der Waals surface area contributed by atoms with Crippen molar-refractivity contribution in [1.29, 1.82) is 0 Å². The van der Waals surface area contributed by atoms with Gasteiger partial charge in [0.2, 0.25) is 0 Å². The molecule has 2 heteroatoms. The van der Waals surface area contributed by atoms with Gasteiger partial charge in [0.25, 0.3) is 0 Å². The third-order valence-electron chi connectivity index (χ3n) is 3.07. The second-order valence-electron chi connectivity index (χ2n) is 4.32. The van der Waals surface area contributed by atoms with Crippen LogP contribution in [0.1, 0.15) is 36.5 Å². The van der Waals surface area contributed by atoms with Crippen LogP contribution >= 0.6 is 0 Å². The van der Waals surface area contributed by atoms with Gasteiger partial charge in [0.05, 0.1) is 6.61 Å². The van der Waals surface area contributed by atoms with Gasteiger partial charge in [-0.2, -0.15) is 0 Å². The van der Waals surface area contributed by atoms with E-state index in [1.54, 1.807) is 0 Å². The van der Waals surface area contributed by atoms with Crippen LogP contribution in [-0.4, -0.2) is 12.6 Å². The molecule has 2 nitrogen and oxygen atoms in total. The van der Waals surface area contributed by atoms with Crippen molar-refractivity contribution in [2.45, 2.75) is 32.6 Å². The largest absolute Gasteiger partial charge is 0.463 e. The lowest BCUT2D eigenvalue weighted by Crippen LogP contribution is -2.02. The summed E-state index contributed by atoms with van der Waals surface area (Å²) >= 11 is 0. The third kappa shape index (κ3) is 3.19. The Morgan fingerprint density at radius 1 is 1.29 bits per heavy atom. The van der Waals surface area contributed by atoms with Crippen molar-refractivity contribution >= 4 is 12.0 Å². The van der Waals surface area contributed by atoms with Crippen molar-refractivity contribution in [3.8, 4) is 0 Å². The molecule has 1 aromatic rings. The Kier molecular flexibility index (Phi) is 3.97. The zero-order valence-corrected chi connectivity index (χ0v) is 10.2. The lowest BCUT2D eigenvalue weighted by molar-refractivity contribution is -0.137. The molecule has 0 aliphatic heterocycles. The highest BCUT2D eigenvalue weighted by molar-refractivity contribution is 5.87. The maximum Gasteiger partial charge on any atom is 0.330 e. The van der Waals surface area contributed by atoms with Gasteiger partial charge in [-0.3, -0.25) is 0 Å². The monoisotopic (exact) mass is 230 g/mol. The molecule has 17 heavy (non-hydrogen) atoms. The zero-order valence-electron chi connectivity index (χ0n) is 10.2. The molecule has 0 radical (unpaired) electrons. The number of rotatable bonds is 3. The predicted octanol–water partition coefficient (Wildman–Crippen LogP) is 3.14. The number of benzene rings is 1. The van der Waals surface area contributed by atoms with E-state index in [-0.39, 0.29) is 5.97 Å². The quantitative estimate of drug-likeness (QED) is 0.589. The Morgan fingerprint density at radius 2 is 2.06 bits per heavy atom. The fourth-order valence-electron chi connectivity index (χ4n) is 2.21. The molecule has 0 amide bonds. The summed E-state index contributed by atoms with van der Waals surface area (Å²) in [5.74, 6) is -0.273. The molecule has 0 saturated heterocycles.